The summed E-state index contributed by atoms with van der Waals surface area (Å²) in [5, 5.41) is 9.54. The number of fused-ring (bicyclic) bond motifs is 1. The number of nitrogens with zero attached hydrogens (tertiary/aromatic N) is 3. The molecule has 4 fully saturated rings. The normalized spacial score (nSPS) is 34.9. The fourth-order valence-corrected chi connectivity index (χ4v) is 6.80. The third kappa shape index (κ3) is 4.73. The number of aliphatic hydroxyl groups is 1. The van der Waals surface area contributed by atoms with Crippen molar-refractivity contribution in [2.75, 3.05) is 65.7 Å². The van der Waals surface area contributed by atoms with Crippen LogP contribution in [0.25, 0.3) is 0 Å². The number of hydrogen-bond donors (Lipinski definition) is 1. The van der Waals surface area contributed by atoms with E-state index in [4.69, 9.17) is 14.2 Å². The first-order valence-electron chi connectivity index (χ1n) is 13.3. The molecule has 4 heterocycles. The van der Waals surface area contributed by atoms with Gasteiger partial charge in [0.2, 0.25) is 11.8 Å². The fourth-order valence-electron chi connectivity index (χ4n) is 6.80. The van der Waals surface area contributed by atoms with Gasteiger partial charge in [-0.05, 0) is 25.7 Å². The van der Waals surface area contributed by atoms with Gasteiger partial charge in [-0.25, -0.2) is 0 Å². The van der Waals surface area contributed by atoms with Crippen LogP contribution in [0.5, 0.6) is 0 Å². The van der Waals surface area contributed by atoms with Gasteiger partial charge in [0.25, 0.3) is 0 Å². The van der Waals surface area contributed by atoms with E-state index in [-0.39, 0.29) is 37.5 Å². The summed E-state index contributed by atoms with van der Waals surface area (Å²) >= 11 is 0. The predicted molar refractivity (Wildman–Crippen MR) is 135 cm³/mol. The molecule has 0 radical (unpaired) electrons. The van der Waals surface area contributed by atoms with Crippen molar-refractivity contribution in [3.63, 3.8) is 0 Å². The first-order valence-corrected chi connectivity index (χ1v) is 13.3. The molecule has 2 bridgehead atoms. The standard InChI is InChI=1S/C27H41N3O7/c1-5-8-29(11-10-28-12-16-35-17-13-28)24(33)22-27-18-19(3)26(4,37-27)21(25(34)36-15-6-2)20(27)23(32)30(22)9-7-14-31/h5-6,19-22,31H,1-2,7-18H2,3-4H3/t19?,20-,21-,22?,26+,27?/m0/s1. The molecule has 6 atom stereocenters. The van der Waals surface area contributed by atoms with E-state index < -0.39 is 35.0 Å². The quantitative estimate of drug-likeness (QED) is 0.293. The van der Waals surface area contributed by atoms with Gasteiger partial charge < -0.3 is 29.1 Å². The van der Waals surface area contributed by atoms with Crippen LogP contribution in [-0.4, -0.2) is 121 Å². The second kappa shape index (κ2) is 11.2. The number of hydrogen-bond acceptors (Lipinski definition) is 8. The van der Waals surface area contributed by atoms with Gasteiger partial charge in [0, 0.05) is 45.9 Å². The Morgan fingerprint density at radius 2 is 1.97 bits per heavy atom. The SMILES string of the molecule is C=CCOC(=O)[C@@H]1[C@H]2C(=O)N(CCCO)C(C(=O)N(CC=C)CCN3CCOCC3)C23CC(C)[C@@]1(C)O3. The van der Waals surface area contributed by atoms with Crippen molar-refractivity contribution in [3.8, 4) is 0 Å². The van der Waals surface area contributed by atoms with E-state index in [0.29, 0.717) is 45.7 Å². The van der Waals surface area contributed by atoms with E-state index in [9.17, 15) is 19.5 Å². The predicted octanol–water partition coefficient (Wildman–Crippen LogP) is 0.456. The first-order chi connectivity index (χ1) is 17.7. The molecule has 4 saturated heterocycles. The number of morpholine rings is 1. The van der Waals surface area contributed by atoms with Crippen LogP contribution in [0.1, 0.15) is 26.7 Å². The van der Waals surface area contributed by atoms with Crippen molar-refractivity contribution >= 4 is 17.8 Å². The summed E-state index contributed by atoms with van der Waals surface area (Å²) in [7, 11) is 0. The molecule has 4 aliphatic rings. The molecule has 1 spiro atoms. The average molecular weight is 520 g/mol. The molecule has 2 amide bonds. The van der Waals surface area contributed by atoms with E-state index >= 15 is 0 Å². The molecule has 0 aliphatic carbocycles. The zero-order valence-electron chi connectivity index (χ0n) is 22.1. The molecule has 37 heavy (non-hydrogen) atoms. The Bertz CT molecular complexity index is 906. The highest BCUT2D eigenvalue weighted by atomic mass is 16.6. The maximum absolute atomic E-state index is 14.3. The first kappa shape index (κ1) is 27.8. The largest absolute Gasteiger partial charge is 0.461 e. The lowest BCUT2D eigenvalue weighted by molar-refractivity contribution is -0.161. The van der Waals surface area contributed by atoms with Crippen molar-refractivity contribution in [2.45, 2.75) is 43.9 Å². The van der Waals surface area contributed by atoms with Crippen LogP contribution in [0, 0.1) is 17.8 Å². The Kier molecular flexibility index (Phi) is 8.42. The lowest BCUT2D eigenvalue weighted by Crippen LogP contribution is -2.57. The second-order valence-electron chi connectivity index (χ2n) is 10.8. The van der Waals surface area contributed by atoms with E-state index in [1.165, 1.54) is 6.08 Å². The van der Waals surface area contributed by atoms with E-state index in [1.807, 2.05) is 13.8 Å². The van der Waals surface area contributed by atoms with Gasteiger partial charge in [0.1, 0.15) is 24.2 Å². The van der Waals surface area contributed by atoms with Crippen LogP contribution in [0.2, 0.25) is 0 Å². The van der Waals surface area contributed by atoms with Gasteiger partial charge in [-0.3, -0.25) is 19.3 Å². The van der Waals surface area contributed by atoms with Gasteiger partial charge in [0.05, 0.1) is 24.7 Å². The van der Waals surface area contributed by atoms with Gasteiger partial charge in [-0.2, -0.15) is 0 Å². The Morgan fingerprint density at radius 3 is 2.62 bits per heavy atom. The number of aliphatic hydroxyl groups excluding tert-OH is 1. The topological polar surface area (TPSA) is 109 Å². The van der Waals surface area contributed by atoms with Crippen molar-refractivity contribution in [3.05, 3.63) is 25.3 Å². The van der Waals surface area contributed by atoms with E-state index in [2.05, 4.69) is 18.1 Å². The summed E-state index contributed by atoms with van der Waals surface area (Å²) in [6.45, 7) is 15.9. The molecular weight excluding hydrogens is 478 g/mol. The Hall–Kier alpha value is -2.27. The number of rotatable bonds is 12. The van der Waals surface area contributed by atoms with Crippen LogP contribution in [-0.2, 0) is 28.6 Å². The maximum atomic E-state index is 14.3. The molecule has 10 nitrogen and oxygen atoms in total. The molecular formula is C27H41N3O7. The van der Waals surface area contributed by atoms with Gasteiger partial charge in [-0.1, -0.05) is 25.7 Å². The number of amides is 2. The highest BCUT2D eigenvalue weighted by Gasteiger charge is 2.80. The summed E-state index contributed by atoms with van der Waals surface area (Å²) in [6.07, 6.45) is 3.99. The molecule has 0 saturated carbocycles. The smallest absolute Gasteiger partial charge is 0.313 e. The van der Waals surface area contributed by atoms with Crippen molar-refractivity contribution in [1.82, 2.24) is 14.7 Å². The monoisotopic (exact) mass is 519 g/mol. The summed E-state index contributed by atoms with van der Waals surface area (Å²) in [4.78, 5) is 47.0. The molecule has 0 aromatic heterocycles. The van der Waals surface area contributed by atoms with Crippen LogP contribution in [0.15, 0.2) is 25.3 Å². The highest BCUT2D eigenvalue weighted by molar-refractivity contribution is 5.98. The maximum Gasteiger partial charge on any atom is 0.313 e. The number of esters is 1. The zero-order valence-corrected chi connectivity index (χ0v) is 22.1. The summed E-state index contributed by atoms with van der Waals surface area (Å²) in [5.74, 6) is -2.69. The van der Waals surface area contributed by atoms with Crippen molar-refractivity contribution in [2.24, 2.45) is 17.8 Å². The molecule has 0 aromatic rings. The highest BCUT2D eigenvalue weighted by Crippen LogP contribution is 2.65. The number of carbonyl (C=O) groups excluding carboxylic acids is 3. The Labute approximate surface area is 219 Å². The van der Waals surface area contributed by atoms with Crippen LogP contribution < -0.4 is 0 Å². The minimum atomic E-state index is -1.13. The van der Waals surface area contributed by atoms with Crippen LogP contribution in [0.4, 0.5) is 0 Å². The van der Waals surface area contributed by atoms with Crippen LogP contribution >= 0.6 is 0 Å². The minimum absolute atomic E-state index is 0.0406. The summed E-state index contributed by atoms with van der Waals surface area (Å²) in [5.41, 5.74) is -2.05. The third-order valence-corrected chi connectivity index (χ3v) is 8.65. The van der Waals surface area contributed by atoms with Gasteiger partial charge >= 0.3 is 5.97 Å². The van der Waals surface area contributed by atoms with Crippen molar-refractivity contribution < 1.29 is 33.7 Å². The number of ether oxygens (including phenoxy) is 3. The molecule has 3 unspecified atom stereocenters. The fraction of sp³-hybridized carbons (Fsp3) is 0.741. The van der Waals surface area contributed by atoms with E-state index in [1.54, 1.807) is 15.9 Å². The number of likely N-dealkylation sites (tertiary alicyclic amines) is 1. The zero-order chi connectivity index (χ0) is 26.8. The van der Waals surface area contributed by atoms with Crippen molar-refractivity contribution in [1.29, 1.82) is 0 Å². The third-order valence-electron chi connectivity index (χ3n) is 8.65. The molecule has 1 N–H and O–H groups in total. The lowest BCUT2D eigenvalue weighted by Gasteiger charge is -2.38. The van der Waals surface area contributed by atoms with Crippen LogP contribution in [0.3, 0.4) is 0 Å². The molecule has 4 aliphatic heterocycles. The summed E-state index contributed by atoms with van der Waals surface area (Å²) < 4.78 is 17.5. The lowest BCUT2D eigenvalue weighted by atomic mass is 9.62. The Morgan fingerprint density at radius 1 is 1.24 bits per heavy atom. The molecule has 206 valence electrons. The number of carbonyl (C=O) groups is 3. The summed E-state index contributed by atoms with van der Waals surface area (Å²) in [6, 6.07) is -0.886. The average Bonchev–Trinajstić information content (AvgIpc) is 3.40. The minimum Gasteiger partial charge on any atom is -0.461 e. The molecule has 0 aromatic carbocycles. The van der Waals surface area contributed by atoms with Gasteiger partial charge in [0.15, 0.2) is 0 Å². The molecule has 4 rings (SSSR count). The Balaban J connectivity index is 1.67. The molecule has 10 heteroatoms. The van der Waals surface area contributed by atoms with Gasteiger partial charge in [-0.15, -0.1) is 6.58 Å². The van der Waals surface area contributed by atoms with E-state index in [0.717, 1.165) is 13.1 Å². The second-order valence-corrected chi connectivity index (χ2v) is 10.8.